The summed E-state index contributed by atoms with van der Waals surface area (Å²) < 4.78 is 13.2. The highest BCUT2D eigenvalue weighted by Gasteiger charge is 2.24. The van der Waals surface area contributed by atoms with Crippen molar-refractivity contribution in [3.8, 4) is 5.75 Å². The van der Waals surface area contributed by atoms with Gasteiger partial charge in [-0.3, -0.25) is 4.90 Å². The van der Waals surface area contributed by atoms with Crippen LogP contribution in [0.1, 0.15) is 12.0 Å². The van der Waals surface area contributed by atoms with E-state index in [4.69, 9.17) is 0 Å². The normalized spacial score (nSPS) is 21.3. The summed E-state index contributed by atoms with van der Waals surface area (Å²) in [5, 5.41) is 9.62. The van der Waals surface area contributed by atoms with Crippen molar-refractivity contribution in [2.24, 2.45) is 0 Å². The maximum absolute atomic E-state index is 13.2. The summed E-state index contributed by atoms with van der Waals surface area (Å²) in [6.07, 6.45) is 1.13. The molecule has 0 spiro atoms. The second kappa shape index (κ2) is 5.02. The fraction of sp³-hybridized carbons (Fsp3) is 0.538. The van der Waals surface area contributed by atoms with Gasteiger partial charge in [0.15, 0.2) is 11.6 Å². The zero-order valence-electron chi connectivity index (χ0n) is 10.4. The Bertz CT molecular complexity index is 395. The van der Waals surface area contributed by atoms with Gasteiger partial charge in [0.2, 0.25) is 0 Å². The van der Waals surface area contributed by atoms with Crippen molar-refractivity contribution in [3.63, 3.8) is 0 Å². The molecule has 1 aliphatic heterocycles. The summed E-state index contributed by atoms with van der Waals surface area (Å²) in [6, 6.07) is 5.27. The van der Waals surface area contributed by atoms with E-state index in [0.717, 1.165) is 19.5 Å². The molecular weight excluding hydrogens is 219 g/mol. The summed E-state index contributed by atoms with van der Waals surface area (Å²) in [7, 11) is 4.15. The standard InChI is InChI=1S/C13H19FN2O/c1-15(2)11-6-7-16(9-11)8-10-4-3-5-12(14)13(10)17/h3-5,11,17H,6-9H2,1-2H3. The minimum Gasteiger partial charge on any atom is -0.505 e. The Morgan fingerprint density at radius 1 is 1.47 bits per heavy atom. The predicted octanol–water partition coefficient (Wildman–Crippen LogP) is 1.67. The molecular formula is C13H19FN2O. The minimum absolute atomic E-state index is 0.208. The molecule has 1 atom stereocenters. The Morgan fingerprint density at radius 3 is 2.88 bits per heavy atom. The summed E-state index contributed by atoms with van der Waals surface area (Å²) in [5.74, 6) is -0.744. The van der Waals surface area contributed by atoms with E-state index < -0.39 is 5.82 Å². The summed E-state index contributed by atoms with van der Waals surface area (Å²) in [5.41, 5.74) is 0.671. The van der Waals surface area contributed by atoms with E-state index in [1.54, 1.807) is 12.1 Å². The number of likely N-dealkylation sites (tertiary alicyclic amines) is 1. The average molecular weight is 238 g/mol. The highest BCUT2D eigenvalue weighted by molar-refractivity contribution is 5.33. The van der Waals surface area contributed by atoms with Crippen LogP contribution >= 0.6 is 0 Å². The minimum atomic E-state index is -0.536. The first-order chi connectivity index (χ1) is 8.08. The monoisotopic (exact) mass is 238 g/mol. The molecule has 94 valence electrons. The number of aromatic hydroxyl groups is 1. The van der Waals surface area contributed by atoms with Crippen molar-refractivity contribution in [1.29, 1.82) is 0 Å². The Morgan fingerprint density at radius 2 is 2.24 bits per heavy atom. The lowest BCUT2D eigenvalue weighted by Gasteiger charge is -2.20. The zero-order valence-corrected chi connectivity index (χ0v) is 10.4. The number of hydrogen-bond acceptors (Lipinski definition) is 3. The van der Waals surface area contributed by atoms with Crippen LogP contribution in [0.3, 0.4) is 0 Å². The third kappa shape index (κ3) is 2.76. The molecule has 1 fully saturated rings. The van der Waals surface area contributed by atoms with E-state index in [-0.39, 0.29) is 5.75 Å². The van der Waals surface area contributed by atoms with Crippen LogP contribution in [0, 0.1) is 5.82 Å². The molecule has 1 saturated heterocycles. The van der Waals surface area contributed by atoms with E-state index in [1.165, 1.54) is 6.07 Å². The topological polar surface area (TPSA) is 26.7 Å². The number of phenolic OH excluding ortho intramolecular Hbond substituents is 1. The van der Waals surface area contributed by atoms with E-state index in [2.05, 4.69) is 23.9 Å². The van der Waals surface area contributed by atoms with Crippen LogP contribution in [0.4, 0.5) is 4.39 Å². The molecule has 0 aromatic heterocycles. The predicted molar refractivity (Wildman–Crippen MR) is 65.4 cm³/mol. The van der Waals surface area contributed by atoms with E-state index in [9.17, 15) is 9.50 Å². The SMILES string of the molecule is CN(C)C1CCN(Cc2cccc(F)c2O)C1. The van der Waals surface area contributed by atoms with Gasteiger partial charge in [-0.1, -0.05) is 12.1 Å². The molecule has 1 aromatic rings. The first-order valence-corrected chi connectivity index (χ1v) is 5.93. The Hall–Kier alpha value is -1.13. The molecule has 4 heteroatoms. The Labute approximate surface area is 101 Å². The van der Waals surface area contributed by atoms with Crippen molar-refractivity contribution in [3.05, 3.63) is 29.6 Å². The zero-order chi connectivity index (χ0) is 12.4. The molecule has 1 aliphatic rings. The summed E-state index contributed by atoms with van der Waals surface area (Å²) in [4.78, 5) is 4.46. The van der Waals surface area contributed by atoms with Crippen LogP contribution in [-0.2, 0) is 6.54 Å². The van der Waals surface area contributed by atoms with Gasteiger partial charge in [0.25, 0.3) is 0 Å². The van der Waals surface area contributed by atoms with Crippen LogP contribution in [0.5, 0.6) is 5.75 Å². The van der Waals surface area contributed by atoms with Gasteiger partial charge in [-0.05, 0) is 26.6 Å². The largest absolute Gasteiger partial charge is 0.505 e. The fourth-order valence-corrected chi connectivity index (χ4v) is 2.31. The number of phenols is 1. The highest BCUT2D eigenvalue weighted by Crippen LogP contribution is 2.24. The van der Waals surface area contributed by atoms with Crippen LogP contribution in [0.2, 0.25) is 0 Å². The van der Waals surface area contributed by atoms with Crippen molar-refractivity contribution in [2.75, 3.05) is 27.2 Å². The van der Waals surface area contributed by atoms with Crippen LogP contribution in [0.15, 0.2) is 18.2 Å². The molecule has 2 rings (SSSR count). The molecule has 17 heavy (non-hydrogen) atoms. The van der Waals surface area contributed by atoms with E-state index >= 15 is 0 Å². The smallest absolute Gasteiger partial charge is 0.165 e. The second-order valence-corrected chi connectivity index (χ2v) is 4.89. The number of hydrogen-bond donors (Lipinski definition) is 1. The van der Waals surface area contributed by atoms with E-state index in [1.807, 2.05) is 0 Å². The van der Waals surface area contributed by atoms with Crippen molar-refractivity contribution in [2.45, 2.75) is 19.0 Å². The quantitative estimate of drug-likeness (QED) is 0.867. The van der Waals surface area contributed by atoms with Gasteiger partial charge in [-0.15, -0.1) is 0 Å². The number of rotatable bonds is 3. The molecule has 0 radical (unpaired) electrons. The fourth-order valence-electron chi connectivity index (χ4n) is 2.31. The maximum atomic E-state index is 13.2. The lowest BCUT2D eigenvalue weighted by molar-refractivity contribution is 0.262. The number of benzene rings is 1. The molecule has 0 amide bonds. The van der Waals surface area contributed by atoms with Gasteiger partial charge in [0, 0.05) is 31.2 Å². The number of halogens is 1. The molecule has 0 saturated carbocycles. The molecule has 0 aliphatic carbocycles. The number of likely N-dealkylation sites (N-methyl/N-ethyl adjacent to an activating group) is 1. The third-order valence-corrected chi connectivity index (χ3v) is 3.44. The van der Waals surface area contributed by atoms with Gasteiger partial charge >= 0.3 is 0 Å². The maximum Gasteiger partial charge on any atom is 0.165 e. The van der Waals surface area contributed by atoms with Gasteiger partial charge < -0.3 is 10.0 Å². The van der Waals surface area contributed by atoms with Crippen LogP contribution < -0.4 is 0 Å². The van der Waals surface area contributed by atoms with Crippen molar-refractivity contribution >= 4 is 0 Å². The molecule has 1 aromatic carbocycles. The van der Waals surface area contributed by atoms with E-state index in [0.29, 0.717) is 18.2 Å². The van der Waals surface area contributed by atoms with Gasteiger partial charge in [0.1, 0.15) is 0 Å². The van der Waals surface area contributed by atoms with Gasteiger partial charge in [0.05, 0.1) is 0 Å². The first kappa shape index (κ1) is 12.3. The Kier molecular flexibility index (Phi) is 3.64. The molecule has 1 unspecified atom stereocenters. The third-order valence-electron chi connectivity index (χ3n) is 3.44. The highest BCUT2D eigenvalue weighted by atomic mass is 19.1. The lowest BCUT2D eigenvalue weighted by Crippen LogP contribution is -2.31. The molecule has 1 heterocycles. The Balaban J connectivity index is 2.00. The lowest BCUT2D eigenvalue weighted by atomic mass is 10.2. The van der Waals surface area contributed by atoms with Gasteiger partial charge in [-0.2, -0.15) is 0 Å². The van der Waals surface area contributed by atoms with Crippen LogP contribution in [0.25, 0.3) is 0 Å². The number of nitrogens with zero attached hydrogens (tertiary/aromatic N) is 2. The number of para-hydroxylation sites is 1. The average Bonchev–Trinajstić information content (AvgIpc) is 2.73. The second-order valence-electron chi connectivity index (χ2n) is 4.89. The van der Waals surface area contributed by atoms with Crippen molar-refractivity contribution < 1.29 is 9.50 Å². The van der Waals surface area contributed by atoms with Crippen LogP contribution in [-0.4, -0.2) is 48.1 Å². The summed E-state index contributed by atoms with van der Waals surface area (Å²) in [6.45, 7) is 2.59. The first-order valence-electron chi connectivity index (χ1n) is 5.93. The molecule has 3 nitrogen and oxygen atoms in total. The summed E-state index contributed by atoms with van der Waals surface area (Å²) >= 11 is 0. The van der Waals surface area contributed by atoms with Crippen molar-refractivity contribution in [1.82, 2.24) is 9.80 Å². The molecule has 1 N–H and O–H groups in total. The van der Waals surface area contributed by atoms with Gasteiger partial charge in [-0.25, -0.2) is 4.39 Å². The molecule has 0 bridgehead atoms.